The zero-order valence-electron chi connectivity index (χ0n) is 9.50. The van der Waals surface area contributed by atoms with Gasteiger partial charge in [0.05, 0.1) is 0 Å². The third-order valence-corrected chi connectivity index (χ3v) is 3.72. The molecule has 0 radical (unpaired) electrons. The smallest absolute Gasteiger partial charge is 0.0410 e. The van der Waals surface area contributed by atoms with E-state index in [4.69, 9.17) is 0 Å². The quantitative estimate of drug-likeness (QED) is 0.805. The van der Waals surface area contributed by atoms with Crippen LogP contribution in [0.2, 0.25) is 0 Å². The van der Waals surface area contributed by atoms with Crippen LogP contribution in [0.15, 0.2) is 12.1 Å². The summed E-state index contributed by atoms with van der Waals surface area (Å²) in [4.78, 5) is 5.23. The lowest BCUT2D eigenvalue weighted by molar-refractivity contribution is 0.267. The van der Waals surface area contributed by atoms with Crippen LogP contribution < -0.4 is 5.32 Å². The lowest BCUT2D eigenvalue weighted by Crippen LogP contribution is -2.29. The van der Waals surface area contributed by atoms with Crippen LogP contribution in [0, 0.1) is 6.92 Å². The van der Waals surface area contributed by atoms with Gasteiger partial charge in [-0.25, -0.2) is 0 Å². The summed E-state index contributed by atoms with van der Waals surface area (Å²) in [5.74, 6) is 0. The van der Waals surface area contributed by atoms with E-state index in [-0.39, 0.29) is 0 Å². The Bertz CT molecular complexity index is 270. The second kappa shape index (κ2) is 5.49. The fourth-order valence-corrected chi connectivity index (χ4v) is 2.37. The van der Waals surface area contributed by atoms with E-state index in [0.29, 0.717) is 6.04 Å². The van der Waals surface area contributed by atoms with Crippen LogP contribution in [0.4, 0.5) is 0 Å². The molecule has 1 unspecified atom stereocenters. The van der Waals surface area contributed by atoms with Crippen LogP contribution in [0.1, 0.15) is 22.7 Å². The lowest BCUT2D eigenvalue weighted by Gasteiger charge is -2.23. The number of hydrogen-bond acceptors (Lipinski definition) is 3. The summed E-state index contributed by atoms with van der Waals surface area (Å²) in [5.41, 5.74) is 0. The molecule has 2 nitrogen and oxygen atoms in total. The average molecular weight is 212 g/mol. The van der Waals surface area contributed by atoms with Crippen molar-refractivity contribution in [1.29, 1.82) is 0 Å². The van der Waals surface area contributed by atoms with Crippen molar-refractivity contribution < 1.29 is 0 Å². The van der Waals surface area contributed by atoms with Crippen molar-refractivity contribution in [2.45, 2.75) is 19.9 Å². The number of likely N-dealkylation sites (N-methyl/N-ethyl adjacent to an activating group) is 2. The average Bonchev–Trinajstić information content (AvgIpc) is 2.60. The number of thiophene rings is 1. The van der Waals surface area contributed by atoms with Gasteiger partial charge in [-0.3, -0.25) is 4.90 Å². The molecule has 0 saturated carbocycles. The van der Waals surface area contributed by atoms with Crippen molar-refractivity contribution >= 4 is 11.3 Å². The molecule has 0 aromatic carbocycles. The molecule has 0 bridgehead atoms. The molecule has 1 heterocycles. The van der Waals surface area contributed by atoms with Gasteiger partial charge in [-0.05, 0) is 40.1 Å². The van der Waals surface area contributed by atoms with Crippen molar-refractivity contribution in [2.24, 2.45) is 0 Å². The second-order valence-electron chi connectivity index (χ2n) is 3.71. The molecule has 0 saturated heterocycles. The van der Waals surface area contributed by atoms with Gasteiger partial charge < -0.3 is 5.32 Å². The molecule has 80 valence electrons. The minimum atomic E-state index is 0.530. The fraction of sp³-hybridized carbons (Fsp3) is 0.636. The highest BCUT2D eigenvalue weighted by atomic mass is 32.1. The van der Waals surface area contributed by atoms with Crippen LogP contribution >= 0.6 is 11.3 Å². The van der Waals surface area contributed by atoms with E-state index in [2.05, 4.69) is 43.2 Å². The number of aryl methyl sites for hydroxylation is 1. The van der Waals surface area contributed by atoms with Gasteiger partial charge in [0.1, 0.15) is 0 Å². The molecule has 0 aliphatic heterocycles. The van der Waals surface area contributed by atoms with Crippen molar-refractivity contribution in [1.82, 2.24) is 10.2 Å². The lowest BCUT2D eigenvalue weighted by atomic mass is 10.2. The van der Waals surface area contributed by atoms with E-state index in [1.54, 1.807) is 0 Å². The van der Waals surface area contributed by atoms with E-state index in [1.165, 1.54) is 9.75 Å². The molecule has 0 spiro atoms. The van der Waals surface area contributed by atoms with Crippen LogP contribution in [0.25, 0.3) is 0 Å². The molecule has 0 aliphatic rings. The van der Waals surface area contributed by atoms with Crippen LogP contribution in [0.5, 0.6) is 0 Å². The summed E-state index contributed by atoms with van der Waals surface area (Å²) in [5, 5.41) is 3.17. The predicted octanol–water partition coefficient (Wildman–Crippen LogP) is 2.27. The molecule has 1 aromatic heterocycles. The highest BCUT2D eigenvalue weighted by molar-refractivity contribution is 7.12. The zero-order chi connectivity index (χ0) is 10.6. The first kappa shape index (κ1) is 11.7. The van der Waals surface area contributed by atoms with Crippen LogP contribution in [-0.4, -0.2) is 32.1 Å². The highest BCUT2D eigenvalue weighted by Crippen LogP contribution is 2.25. The maximum Gasteiger partial charge on any atom is 0.0410 e. The van der Waals surface area contributed by atoms with E-state index >= 15 is 0 Å². The monoisotopic (exact) mass is 212 g/mol. The molecular weight excluding hydrogens is 192 g/mol. The van der Waals surface area contributed by atoms with Gasteiger partial charge in [-0.1, -0.05) is 0 Å². The molecule has 14 heavy (non-hydrogen) atoms. The molecule has 3 heteroatoms. The first-order valence-corrected chi connectivity index (χ1v) is 5.88. The first-order chi connectivity index (χ1) is 6.65. The largest absolute Gasteiger partial charge is 0.318 e. The maximum atomic E-state index is 3.17. The highest BCUT2D eigenvalue weighted by Gasteiger charge is 2.12. The van der Waals surface area contributed by atoms with Crippen LogP contribution in [0.3, 0.4) is 0 Å². The predicted molar refractivity (Wildman–Crippen MR) is 64.0 cm³/mol. The van der Waals surface area contributed by atoms with E-state index in [9.17, 15) is 0 Å². The normalized spacial score (nSPS) is 13.5. The van der Waals surface area contributed by atoms with E-state index in [1.807, 2.05) is 18.4 Å². The summed E-state index contributed by atoms with van der Waals surface area (Å²) in [6.07, 6.45) is 0. The van der Waals surface area contributed by atoms with Gasteiger partial charge in [0.15, 0.2) is 0 Å². The Kier molecular flexibility index (Phi) is 4.58. The fourth-order valence-electron chi connectivity index (χ4n) is 1.38. The maximum absolute atomic E-state index is 3.17. The Hall–Kier alpha value is -0.380. The Morgan fingerprint density at radius 3 is 2.71 bits per heavy atom. The third kappa shape index (κ3) is 3.08. The Morgan fingerprint density at radius 1 is 1.50 bits per heavy atom. The third-order valence-electron chi connectivity index (χ3n) is 2.55. The minimum absolute atomic E-state index is 0.530. The topological polar surface area (TPSA) is 15.3 Å². The summed E-state index contributed by atoms with van der Waals surface area (Å²) < 4.78 is 0. The van der Waals surface area contributed by atoms with E-state index in [0.717, 1.165) is 13.1 Å². The SMILES string of the molecule is CNCCN(C)C(C)c1ccc(C)s1. The first-order valence-electron chi connectivity index (χ1n) is 5.06. The Morgan fingerprint density at radius 2 is 2.21 bits per heavy atom. The van der Waals surface area contributed by atoms with Crippen molar-refractivity contribution in [3.63, 3.8) is 0 Å². The minimum Gasteiger partial charge on any atom is -0.318 e. The van der Waals surface area contributed by atoms with Gasteiger partial charge in [-0.15, -0.1) is 11.3 Å². The van der Waals surface area contributed by atoms with Gasteiger partial charge >= 0.3 is 0 Å². The van der Waals surface area contributed by atoms with Crippen LogP contribution in [-0.2, 0) is 0 Å². The van der Waals surface area contributed by atoms with Crippen molar-refractivity contribution in [3.8, 4) is 0 Å². The Labute approximate surface area is 90.9 Å². The summed E-state index contributed by atoms with van der Waals surface area (Å²) >= 11 is 1.90. The number of hydrogen-bond donors (Lipinski definition) is 1. The summed E-state index contributed by atoms with van der Waals surface area (Å²) in [7, 11) is 4.17. The van der Waals surface area contributed by atoms with Gasteiger partial charge in [0, 0.05) is 28.9 Å². The molecule has 0 fully saturated rings. The Balaban J connectivity index is 2.51. The zero-order valence-corrected chi connectivity index (χ0v) is 10.3. The molecule has 0 amide bonds. The van der Waals surface area contributed by atoms with Gasteiger partial charge in [-0.2, -0.15) is 0 Å². The van der Waals surface area contributed by atoms with Crippen molar-refractivity contribution in [2.75, 3.05) is 27.2 Å². The molecule has 1 atom stereocenters. The van der Waals surface area contributed by atoms with Crippen molar-refractivity contribution in [3.05, 3.63) is 21.9 Å². The van der Waals surface area contributed by atoms with Gasteiger partial charge in [0.25, 0.3) is 0 Å². The summed E-state index contributed by atoms with van der Waals surface area (Å²) in [6, 6.07) is 4.96. The second-order valence-corrected chi connectivity index (χ2v) is 5.03. The summed E-state index contributed by atoms with van der Waals surface area (Å²) in [6.45, 7) is 6.56. The molecular formula is C11H20N2S. The molecule has 0 aliphatic carbocycles. The standard InChI is InChI=1S/C11H20N2S/c1-9-5-6-11(14-9)10(2)13(4)8-7-12-3/h5-6,10,12H,7-8H2,1-4H3. The van der Waals surface area contributed by atoms with E-state index < -0.39 is 0 Å². The number of nitrogens with one attached hydrogen (secondary N) is 1. The molecule has 1 aromatic rings. The molecule has 1 N–H and O–H groups in total. The number of nitrogens with zero attached hydrogens (tertiary/aromatic N) is 1. The number of rotatable bonds is 5. The molecule has 1 rings (SSSR count). The van der Waals surface area contributed by atoms with Gasteiger partial charge in [0.2, 0.25) is 0 Å².